The molecule has 0 spiro atoms. The fraction of sp³-hybridized carbons (Fsp3) is 0.500. The van der Waals surface area contributed by atoms with Gasteiger partial charge in [0, 0.05) is 5.69 Å². The number of aliphatic hydroxyl groups is 1. The molecule has 1 aliphatic heterocycles. The standard InChI is InChI=1S/C16H23BFNO3/c1-10-6-13(18)8-11(14(10)19)7-12(9-20)17-21-15(2,3)16(4,5)22-17/h6-8,20H,9,19H2,1-5H3. The van der Waals surface area contributed by atoms with E-state index >= 15 is 0 Å². The van der Waals surface area contributed by atoms with Crippen LogP contribution in [-0.4, -0.2) is 30.0 Å². The van der Waals surface area contributed by atoms with E-state index in [0.717, 1.165) is 0 Å². The third-order valence-electron chi connectivity index (χ3n) is 4.46. The van der Waals surface area contributed by atoms with Crippen LogP contribution in [-0.2, 0) is 9.31 Å². The number of hydrogen-bond donors (Lipinski definition) is 2. The van der Waals surface area contributed by atoms with Gasteiger partial charge >= 0.3 is 7.12 Å². The van der Waals surface area contributed by atoms with E-state index < -0.39 is 18.3 Å². The molecular formula is C16H23BFNO3. The fourth-order valence-corrected chi connectivity index (χ4v) is 2.28. The zero-order valence-corrected chi connectivity index (χ0v) is 13.7. The molecule has 4 nitrogen and oxygen atoms in total. The van der Waals surface area contributed by atoms with Crippen LogP contribution in [0.25, 0.3) is 6.08 Å². The lowest BCUT2D eigenvalue weighted by atomic mass is 9.77. The Hall–Kier alpha value is -1.37. The maximum atomic E-state index is 13.6. The van der Waals surface area contributed by atoms with Crippen molar-refractivity contribution in [2.45, 2.75) is 45.8 Å². The highest BCUT2D eigenvalue weighted by atomic mass is 19.1. The van der Waals surface area contributed by atoms with Gasteiger partial charge in [-0.1, -0.05) is 6.08 Å². The highest BCUT2D eigenvalue weighted by molar-refractivity contribution is 6.55. The lowest BCUT2D eigenvalue weighted by Gasteiger charge is -2.32. The summed E-state index contributed by atoms with van der Waals surface area (Å²) in [7, 11) is -0.682. The molecule has 0 bridgehead atoms. The average Bonchev–Trinajstić information content (AvgIpc) is 2.60. The molecular weight excluding hydrogens is 284 g/mol. The molecule has 1 fully saturated rings. The van der Waals surface area contributed by atoms with E-state index in [-0.39, 0.29) is 12.4 Å². The number of halogens is 1. The summed E-state index contributed by atoms with van der Waals surface area (Å²) in [4.78, 5) is 0. The highest BCUT2D eigenvalue weighted by Crippen LogP contribution is 2.39. The number of hydrogen-bond acceptors (Lipinski definition) is 4. The minimum Gasteiger partial charge on any atom is -0.400 e. The summed E-state index contributed by atoms with van der Waals surface area (Å²) < 4.78 is 25.4. The van der Waals surface area contributed by atoms with Crippen LogP contribution in [0.3, 0.4) is 0 Å². The van der Waals surface area contributed by atoms with Crippen molar-refractivity contribution in [1.29, 1.82) is 0 Å². The van der Waals surface area contributed by atoms with Crippen molar-refractivity contribution in [3.8, 4) is 0 Å². The Balaban J connectivity index is 2.38. The first-order valence-corrected chi connectivity index (χ1v) is 7.30. The molecule has 0 amide bonds. The van der Waals surface area contributed by atoms with E-state index in [1.54, 1.807) is 13.0 Å². The van der Waals surface area contributed by atoms with Crippen LogP contribution < -0.4 is 5.73 Å². The molecule has 3 N–H and O–H groups in total. The Morgan fingerprint density at radius 2 is 1.82 bits per heavy atom. The van der Waals surface area contributed by atoms with Gasteiger partial charge in [0.25, 0.3) is 0 Å². The lowest BCUT2D eigenvalue weighted by Crippen LogP contribution is -2.41. The minimum absolute atomic E-state index is 0.258. The lowest BCUT2D eigenvalue weighted by molar-refractivity contribution is 0.00578. The molecule has 0 radical (unpaired) electrons. The molecule has 22 heavy (non-hydrogen) atoms. The van der Waals surface area contributed by atoms with E-state index in [9.17, 15) is 9.50 Å². The van der Waals surface area contributed by atoms with Gasteiger partial charge in [0.05, 0.1) is 17.8 Å². The Bertz CT molecular complexity index is 598. The maximum Gasteiger partial charge on any atom is 0.492 e. The number of benzene rings is 1. The number of aliphatic hydroxyl groups excluding tert-OH is 1. The predicted molar refractivity (Wildman–Crippen MR) is 86.7 cm³/mol. The summed E-state index contributed by atoms with van der Waals surface area (Å²) in [5.74, 6) is -0.371. The molecule has 6 heteroatoms. The number of aryl methyl sites for hydroxylation is 1. The molecule has 1 aliphatic rings. The summed E-state index contributed by atoms with van der Waals surface area (Å²) >= 11 is 0. The van der Waals surface area contributed by atoms with Crippen LogP contribution >= 0.6 is 0 Å². The van der Waals surface area contributed by atoms with Gasteiger partial charge in [-0.15, -0.1) is 0 Å². The van der Waals surface area contributed by atoms with Crippen LogP contribution in [0, 0.1) is 12.7 Å². The monoisotopic (exact) mass is 307 g/mol. The van der Waals surface area contributed by atoms with Gasteiger partial charge in [0.15, 0.2) is 0 Å². The summed E-state index contributed by atoms with van der Waals surface area (Å²) in [6, 6.07) is 2.71. The summed E-state index contributed by atoms with van der Waals surface area (Å²) in [5, 5.41) is 9.65. The van der Waals surface area contributed by atoms with E-state index in [4.69, 9.17) is 15.0 Å². The molecule has 0 saturated carbocycles. The van der Waals surface area contributed by atoms with Crippen molar-refractivity contribution in [3.63, 3.8) is 0 Å². The number of nitrogen functional groups attached to an aromatic ring is 1. The Morgan fingerprint density at radius 1 is 1.27 bits per heavy atom. The van der Waals surface area contributed by atoms with Gasteiger partial charge in [-0.25, -0.2) is 4.39 Å². The molecule has 0 aromatic heterocycles. The first kappa shape index (κ1) is 17.0. The molecule has 1 aromatic carbocycles. The van der Waals surface area contributed by atoms with Crippen molar-refractivity contribution in [1.82, 2.24) is 0 Å². The molecule has 120 valence electrons. The molecule has 1 heterocycles. The second-order valence-electron chi connectivity index (χ2n) is 6.69. The van der Waals surface area contributed by atoms with Gasteiger partial charge in [0.1, 0.15) is 5.82 Å². The van der Waals surface area contributed by atoms with E-state index in [2.05, 4.69) is 0 Å². The fourth-order valence-electron chi connectivity index (χ4n) is 2.28. The van der Waals surface area contributed by atoms with Crippen LogP contribution in [0.4, 0.5) is 10.1 Å². The van der Waals surface area contributed by atoms with Crippen LogP contribution in [0.2, 0.25) is 0 Å². The van der Waals surface area contributed by atoms with Crippen molar-refractivity contribution in [3.05, 3.63) is 34.5 Å². The zero-order valence-electron chi connectivity index (χ0n) is 13.7. The van der Waals surface area contributed by atoms with Crippen molar-refractivity contribution in [2.24, 2.45) is 0 Å². The highest BCUT2D eigenvalue weighted by Gasteiger charge is 2.52. The second-order valence-corrected chi connectivity index (χ2v) is 6.69. The number of rotatable bonds is 3. The quantitative estimate of drug-likeness (QED) is 0.666. The largest absolute Gasteiger partial charge is 0.492 e. The van der Waals surface area contributed by atoms with Gasteiger partial charge in [-0.3, -0.25) is 0 Å². The zero-order chi connectivity index (χ0) is 16.7. The van der Waals surface area contributed by atoms with Gasteiger partial charge < -0.3 is 20.1 Å². The van der Waals surface area contributed by atoms with E-state index in [1.807, 2.05) is 27.7 Å². The molecule has 1 aromatic rings. The van der Waals surface area contributed by atoms with Gasteiger partial charge in [-0.05, 0) is 63.4 Å². The van der Waals surface area contributed by atoms with Crippen LogP contribution in [0.5, 0.6) is 0 Å². The molecule has 0 atom stereocenters. The van der Waals surface area contributed by atoms with Crippen LogP contribution in [0.15, 0.2) is 17.6 Å². The first-order chi connectivity index (χ1) is 10.1. The Kier molecular flexibility index (Phi) is 4.39. The first-order valence-electron chi connectivity index (χ1n) is 7.30. The normalized spacial score (nSPS) is 20.5. The smallest absolute Gasteiger partial charge is 0.400 e. The van der Waals surface area contributed by atoms with Crippen molar-refractivity contribution in [2.75, 3.05) is 12.3 Å². The summed E-state index contributed by atoms with van der Waals surface area (Å²) in [5.41, 5.74) is 7.12. The Labute approximate surface area is 131 Å². The summed E-state index contributed by atoms with van der Waals surface area (Å²) in [6.07, 6.45) is 1.63. The predicted octanol–water partition coefficient (Wildman–Crippen LogP) is 2.72. The second kappa shape index (κ2) is 5.68. The van der Waals surface area contributed by atoms with Gasteiger partial charge in [-0.2, -0.15) is 0 Å². The molecule has 1 saturated heterocycles. The molecule has 2 rings (SSSR count). The van der Waals surface area contributed by atoms with Crippen LogP contribution in [0.1, 0.15) is 38.8 Å². The van der Waals surface area contributed by atoms with Gasteiger partial charge in [0.2, 0.25) is 0 Å². The van der Waals surface area contributed by atoms with E-state index in [1.165, 1.54) is 12.1 Å². The molecule has 0 unspecified atom stereocenters. The third kappa shape index (κ3) is 3.04. The number of anilines is 1. The van der Waals surface area contributed by atoms with Crippen molar-refractivity contribution < 1.29 is 18.8 Å². The Morgan fingerprint density at radius 3 is 2.32 bits per heavy atom. The van der Waals surface area contributed by atoms with Crippen molar-refractivity contribution >= 4 is 18.9 Å². The topological polar surface area (TPSA) is 64.7 Å². The molecule has 0 aliphatic carbocycles. The van der Waals surface area contributed by atoms with E-state index in [0.29, 0.717) is 22.3 Å². The SMILES string of the molecule is Cc1cc(F)cc(C=C(CO)B2OC(C)(C)C(C)(C)O2)c1N. The average molecular weight is 307 g/mol. The minimum atomic E-state index is -0.682. The third-order valence-corrected chi connectivity index (χ3v) is 4.46. The summed E-state index contributed by atoms with van der Waals surface area (Å²) in [6.45, 7) is 9.21. The number of nitrogens with two attached hydrogens (primary N) is 1. The maximum absolute atomic E-state index is 13.6.